The highest BCUT2D eigenvalue weighted by molar-refractivity contribution is 8.01. The van der Waals surface area contributed by atoms with Crippen LogP contribution in [0.1, 0.15) is 5.69 Å². The molecule has 0 fully saturated rings. The SMILES string of the molecule is Cc1cc(Sc2nc3ccc(N)cc3s2)n2ncnc2n1. The minimum absolute atomic E-state index is 0.600. The molecule has 0 atom stereocenters. The van der Waals surface area contributed by atoms with Crippen molar-refractivity contribution in [3.63, 3.8) is 0 Å². The van der Waals surface area contributed by atoms with E-state index in [4.69, 9.17) is 5.73 Å². The molecule has 0 aliphatic rings. The van der Waals surface area contributed by atoms with Gasteiger partial charge >= 0.3 is 0 Å². The molecule has 104 valence electrons. The molecule has 0 aliphatic heterocycles. The quantitative estimate of drug-likeness (QED) is 0.452. The van der Waals surface area contributed by atoms with E-state index in [2.05, 4.69) is 20.1 Å². The number of fused-ring (bicyclic) bond motifs is 2. The largest absolute Gasteiger partial charge is 0.399 e. The van der Waals surface area contributed by atoms with Gasteiger partial charge in [0.2, 0.25) is 0 Å². The Hall–Kier alpha value is -2.19. The number of anilines is 1. The molecule has 0 aliphatic carbocycles. The third kappa shape index (κ3) is 2.22. The summed E-state index contributed by atoms with van der Waals surface area (Å²) in [5.74, 6) is 0.600. The molecule has 8 heteroatoms. The molecule has 1 aromatic carbocycles. The van der Waals surface area contributed by atoms with Gasteiger partial charge in [0.15, 0.2) is 4.34 Å². The second kappa shape index (κ2) is 4.68. The van der Waals surface area contributed by atoms with Gasteiger partial charge < -0.3 is 5.73 Å². The van der Waals surface area contributed by atoms with E-state index in [9.17, 15) is 0 Å². The van der Waals surface area contributed by atoms with Gasteiger partial charge in [0, 0.05) is 11.4 Å². The van der Waals surface area contributed by atoms with Gasteiger partial charge in [0.25, 0.3) is 5.78 Å². The van der Waals surface area contributed by atoms with E-state index in [1.807, 2.05) is 31.2 Å². The first-order valence-corrected chi connectivity index (χ1v) is 7.84. The van der Waals surface area contributed by atoms with Gasteiger partial charge in [-0.15, -0.1) is 11.3 Å². The highest BCUT2D eigenvalue weighted by Crippen LogP contribution is 2.35. The fourth-order valence-electron chi connectivity index (χ4n) is 2.02. The number of aromatic nitrogens is 5. The Bertz CT molecular complexity index is 958. The van der Waals surface area contributed by atoms with Crippen LogP contribution in [0.4, 0.5) is 5.69 Å². The Morgan fingerprint density at radius 1 is 1.24 bits per heavy atom. The lowest BCUT2D eigenvalue weighted by Gasteiger charge is -2.01. The highest BCUT2D eigenvalue weighted by Gasteiger charge is 2.11. The molecule has 0 amide bonds. The second-order valence-corrected chi connectivity index (χ2v) is 6.81. The van der Waals surface area contributed by atoms with Crippen LogP contribution in [0.2, 0.25) is 0 Å². The molecular weight excluding hydrogens is 304 g/mol. The molecule has 0 radical (unpaired) electrons. The van der Waals surface area contributed by atoms with Crippen molar-refractivity contribution in [3.8, 4) is 0 Å². The van der Waals surface area contributed by atoms with Gasteiger partial charge in [-0.25, -0.2) is 9.97 Å². The predicted molar refractivity (Wildman–Crippen MR) is 83.7 cm³/mol. The number of benzene rings is 1. The maximum absolute atomic E-state index is 5.81. The maximum atomic E-state index is 5.81. The zero-order valence-corrected chi connectivity index (χ0v) is 12.6. The summed E-state index contributed by atoms with van der Waals surface area (Å²) in [6.07, 6.45) is 1.50. The molecule has 21 heavy (non-hydrogen) atoms. The van der Waals surface area contributed by atoms with Crippen LogP contribution in [0.3, 0.4) is 0 Å². The van der Waals surface area contributed by atoms with Gasteiger partial charge in [0.05, 0.1) is 10.2 Å². The van der Waals surface area contributed by atoms with Crippen molar-refractivity contribution >= 4 is 44.8 Å². The van der Waals surface area contributed by atoms with E-state index in [1.54, 1.807) is 27.6 Å². The van der Waals surface area contributed by atoms with Crippen molar-refractivity contribution in [1.29, 1.82) is 0 Å². The van der Waals surface area contributed by atoms with Crippen LogP contribution < -0.4 is 5.73 Å². The van der Waals surface area contributed by atoms with Crippen LogP contribution >= 0.6 is 23.1 Å². The van der Waals surface area contributed by atoms with Crippen molar-refractivity contribution in [1.82, 2.24) is 24.6 Å². The molecule has 0 saturated heterocycles. The summed E-state index contributed by atoms with van der Waals surface area (Å²) >= 11 is 3.17. The third-order valence-electron chi connectivity index (χ3n) is 2.93. The molecular formula is C13H10N6S2. The highest BCUT2D eigenvalue weighted by atomic mass is 32.2. The van der Waals surface area contributed by atoms with Crippen molar-refractivity contribution in [2.45, 2.75) is 16.3 Å². The van der Waals surface area contributed by atoms with Gasteiger partial charge in [-0.05, 0) is 43.0 Å². The van der Waals surface area contributed by atoms with Crippen LogP contribution in [0.15, 0.2) is 40.0 Å². The summed E-state index contributed by atoms with van der Waals surface area (Å²) in [5, 5.41) is 5.15. The summed E-state index contributed by atoms with van der Waals surface area (Å²) in [6.45, 7) is 1.94. The van der Waals surface area contributed by atoms with E-state index in [0.717, 1.165) is 31.0 Å². The molecule has 3 aromatic heterocycles. The smallest absolute Gasteiger partial charge is 0.253 e. The summed E-state index contributed by atoms with van der Waals surface area (Å²) < 4.78 is 3.74. The topological polar surface area (TPSA) is 82.0 Å². The Balaban J connectivity index is 1.80. The first kappa shape index (κ1) is 12.5. The first-order chi connectivity index (χ1) is 10.2. The zero-order valence-electron chi connectivity index (χ0n) is 11.0. The summed E-state index contributed by atoms with van der Waals surface area (Å²) in [7, 11) is 0. The number of nitrogens with zero attached hydrogens (tertiary/aromatic N) is 5. The fourth-order valence-corrected chi connectivity index (χ4v) is 4.23. The van der Waals surface area contributed by atoms with Crippen molar-refractivity contribution in [2.24, 2.45) is 0 Å². The number of nitrogen functional groups attached to an aromatic ring is 1. The summed E-state index contributed by atoms with van der Waals surface area (Å²) in [5.41, 5.74) is 8.42. The van der Waals surface area contributed by atoms with Gasteiger partial charge in [-0.1, -0.05) is 0 Å². The Morgan fingerprint density at radius 2 is 2.14 bits per heavy atom. The van der Waals surface area contributed by atoms with Gasteiger partial charge in [-0.2, -0.15) is 14.6 Å². The average molecular weight is 314 g/mol. The lowest BCUT2D eigenvalue weighted by Crippen LogP contribution is -1.96. The minimum atomic E-state index is 0.600. The second-order valence-electron chi connectivity index (χ2n) is 4.52. The Labute approximate surface area is 128 Å². The number of nitrogens with two attached hydrogens (primary N) is 1. The van der Waals surface area contributed by atoms with Gasteiger partial charge in [0.1, 0.15) is 11.4 Å². The van der Waals surface area contributed by atoms with E-state index in [0.29, 0.717) is 5.78 Å². The van der Waals surface area contributed by atoms with Crippen LogP contribution in [0.5, 0.6) is 0 Å². The number of thiazole rings is 1. The summed E-state index contributed by atoms with van der Waals surface area (Å²) in [6, 6.07) is 7.73. The molecule has 6 nitrogen and oxygen atoms in total. The zero-order chi connectivity index (χ0) is 14.4. The predicted octanol–water partition coefficient (Wildman–Crippen LogP) is 2.78. The average Bonchev–Trinajstić information content (AvgIpc) is 3.03. The normalized spacial score (nSPS) is 11.5. The first-order valence-electron chi connectivity index (χ1n) is 6.20. The standard InChI is InChI=1S/C13H10N6S2/c1-7-4-11(19-12(17-7)15-6-16-19)21-13-18-9-3-2-8(14)5-10(9)20-13/h2-6H,14H2,1H3. The molecule has 4 aromatic rings. The number of hydrogen-bond donors (Lipinski definition) is 1. The lowest BCUT2D eigenvalue weighted by atomic mass is 10.3. The molecule has 3 heterocycles. The Kier molecular flexibility index (Phi) is 2.79. The number of hydrogen-bond acceptors (Lipinski definition) is 7. The minimum Gasteiger partial charge on any atom is -0.399 e. The van der Waals surface area contributed by atoms with Gasteiger partial charge in [-0.3, -0.25) is 0 Å². The third-order valence-corrected chi connectivity index (χ3v) is 5.01. The van der Waals surface area contributed by atoms with E-state index < -0.39 is 0 Å². The van der Waals surface area contributed by atoms with Crippen LogP contribution in [0.25, 0.3) is 16.0 Å². The van der Waals surface area contributed by atoms with Crippen LogP contribution in [0, 0.1) is 6.92 Å². The Morgan fingerprint density at radius 3 is 3.05 bits per heavy atom. The van der Waals surface area contributed by atoms with E-state index in [1.165, 1.54) is 6.33 Å². The maximum Gasteiger partial charge on any atom is 0.253 e. The van der Waals surface area contributed by atoms with Crippen molar-refractivity contribution < 1.29 is 0 Å². The lowest BCUT2D eigenvalue weighted by molar-refractivity contribution is 0.833. The van der Waals surface area contributed by atoms with Crippen molar-refractivity contribution in [2.75, 3.05) is 5.73 Å². The fraction of sp³-hybridized carbons (Fsp3) is 0.0769. The van der Waals surface area contributed by atoms with E-state index >= 15 is 0 Å². The van der Waals surface area contributed by atoms with E-state index in [-0.39, 0.29) is 0 Å². The number of aryl methyl sites for hydroxylation is 1. The monoisotopic (exact) mass is 314 g/mol. The molecule has 2 N–H and O–H groups in total. The molecule has 4 rings (SSSR count). The molecule has 0 saturated carbocycles. The van der Waals surface area contributed by atoms with Crippen LogP contribution in [-0.4, -0.2) is 24.6 Å². The van der Waals surface area contributed by atoms with Crippen LogP contribution in [-0.2, 0) is 0 Å². The molecule has 0 unspecified atom stereocenters. The number of rotatable bonds is 2. The van der Waals surface area contributed by atoms with Crippen molar-refractivity contribution in [3.05, 3.63) is 36.3 Å². The summed E-state index contributed by atoms with van der Waals surface area (Å²) in [4.78, 5) is 13.1. The molecule has 0 bridgehead atoms. The molecule has 0 spiro atoms.